The Hall–Kier alpha value is -4.08. The highest BCUT2D eigenvalue weighted by Gasteiger charge is 2.40. The van der Waals surface area contributed by atoms with Crippen LogP contribution in [0.1, 0.15) is 11.1 Å². The Balaban J connectivity index is 1.54. The smallest absolute Gasteiger partial charge is 0.327 e. The van der Waals surface area contributed by atoms with Gasteiger partial charge in [0.2, 0.25) is 0 Å². The van der Waals surface area contributed by atoms with Gasteiger partial charge in [-0.3, -0.25) is 9.69 Å². The molecule has 0 spiro atoms. The number of rotatable bonds is 7. The third-order valence-electron chi connectivity index (χ3n) is 5.87. The first-order chi connectivity index (χ1) is 17.9. The second kappa shape index (κ2) is 10.5. The Bertz CT molecular complexity index is 1520. The van der Waals surface area contributed by atoms with Crippen LogP contribution in [0.2, 0.25) is 0 Å². The van der Waals surface area contributed by atoms with Crippen molar-refractivity contribution >= 4 is 46.3 Å². The van der Waals surface area contributed by atoms with Gasteiger partial charge in [0, 0.05) is 23.7 Å². The predicted molar refractivity (Wildman–Crippen MR) is 146 cm³/mol. The number of carboxylic acid groups (broad SMARTS) is 1. The van der Waals surface area contributed by atoms with Crippen LogP contribution in [0.4, 0.5) is 4.39 Å². The average Bonchev–Trinajstić information content (AvgIpc) is 3.44. The van der Waals surface area contributed by atoms with Crippen molar-refractivity contribution in [2.45, 2.75) is 12.5 Å². The number of aliphatic carboxylic acids is 1. The molecule has 4 aromatic rings. The fourth-order valence-corrected chi connectivity index (χ4v) is 5.43. The summed E-state index contributed by atoms with van der Waals surface area (Å²) < 4.78 is 16.5. The fourth-order valence-electron chi connectivity index (χ4n) is 4.08. The summed E-state index contributed by atoms with van der Waals surface area (Å²) in [5.41, 5.74) is 2.68. The van der Waals surface area contributed by atoms with E-state index in [4.69, 9.17) is 12.2 Å². The summed E-state index contributed by atoms with van der Waals surface area (Å²) >= 11 is 6.46. The molecule has 2 heterocycles. The number of carbonyl (C=O) groups is 2. The van der Waals surface area contributed by atoms with Crippen LogP contribution in [-0.4, -0.2) is 42.0 Å². The first kappa shape index (κ1) is 24.6. The highest BCUT2D eigenvalue weighted by molar-refractivity contribution is 8.26. The lowest BCUT2D eigenvalue weighted by atomic mass is 10.0. The van der Waals surface area contributed by atoms with Crippen molar-refractivity contribution in [1.29, 1.82) is 0 Å². The van der Waals surface area contributed by atoms with Gasteiger partial charge in [0.25, 0.3) is 5.91 Å². The number of thioether (sulfide) groups is 1. The normalized spacial score (nSPS) is 15.4. The minimum atomic E-state index is -1.15. The third kappa shape index (κ3) is 5.09. The zero-order chi connectivity index (χ0) is 25.9. The summed E-state index contributed by atoms with van der Waals surface area (Å²) in [7, 11) is 0. The molecule has 1 N–H and O–H groups in total. The quantitative estimate of drug-likeness (QED) is 0.249. The summed E-state index contributed by atoms with van der Waals surface area (Å²) in [4.78, 5) is 27.0. The van der Waals surface area contributed by atoms with Gasteiger partial charge in [0.05, 0.1) is 10.6 Å². The number of halogens is 1. The van der Waals surface area contributed by atoms with E-state index in [9.17, 15) is 19.1 Å². The van der Waals surface area contributed by atoms with E-state index < -0.39 is 23.7 Å². The lowest BCUT2D eigenvalue weighted by Gasteiger charge is -2.23. The number of carboxylic acids is 1. The summed E-state index contributed by atoms with van der Waals surface area (Å²) in [6.07, 6.45) is 3.42. The Morgan fingerprint density at radius 2 is 1.68 bits per heavy atom. The van der Waals surface area contributed by atoms with Crippen LogP contribution in [0.25, 0.3) is 23.0 Å². The van der Waals surface area contributed by atoms with Crippen LogP contribution in [0.3, 0.4) is 0 Å². The number of hydrogen-bond donors (Lipinski definition) is 1. The lowest BCUT2D eigenvalue weighted by molar-refractivity contribution is -0.145. The first-order valence-corrected chi connectivity index (χ1v) is 12.6. The lowest BCUT2D eigenvalue weighted by Crippen LogP contribution is -2.45. The molecule has 0 saturated carbocycles. The van der Waals surface area contributed by atoms with Crippen molar-refractivity contribution in [2.75, 3.05) is 0 Å². The summed E-state index contributed by atoms with van der Waals surface area (Å²) in [6.45, 7) is 0. The fraction of sp³-hybridized carbons (Fsp3) is 0.0714. The number of thiocarbonyl (C=S) groups is 1. The minimum absolute atomic E-state index is 0.113. The summed E-state index contributed by atoms with van der Waals surface area (Å²) in [5.74, 6) is -2.10. The molecule has 0 radical (unpaired) electrons. The zero-order valence-corrected chi connectivity index (χ0v) is 21.0. The van der Waals surface area contributed by atoms with E-state index in [1.165, 1.54) is 6.07 Å². The van der Waals surface area contributed by atoms with Crippen LogP contribution >= 0.6 is 24.0 Å². The first-order valence-electron chi connectivity index (χ1n) is 11.4. The molecule has 3 aromatic carbocycles. The minimum Gasteiger partial charge on any atom is -0.480 e. The summed E-state index contributed by atoms with van der Waals surface area (Å²) in [5, 5.41) is 14.5. The van der Waals surface area contributed by atoms with Gasteiger partial charge in [-0.15, -0.1) is 0 Å². The molecule has 0 unspecified atom stereocenters. The van der Waals surface area contributed by atoms with Crippen molar-refractivity contribution in [2.24, 2.45) is 0 Å². The maximum absolute atomic E-state index is 14.7. The van der Waals surface area contributed by atoms with Gasteiger partial charge in [0.1, 0.15) is 21.9 Å². The standard InChI is InChI=1S/C28H20FN3O3S2/c29-22-14-8-7-13-21(22)25-19(17-31(30-25)20-11-5-2-6-12-20)16-24-26(33)32(28(36)37-24)23(27(34)35)15-18-9-3-1-4-10-18/h1-14,16-17,23H,15H2,(H,34,35)/b24-16-/t23-/m1/s1. The molecule has 1 amide bonds. The van der Waals surface area contributed by atoms with Gasteiger partial charge >= 0.3 is 5.97 Å². The molecule has 1 atom stereocenters. The van der Waals surface area contributed by atoms with Crippen molar-refractivity contribution in [1.82, 2.24) is 14.7 Å². The van der Waals surface area contributed by atoms with Gasteiger partial charge in [-0.1, -0.05) is 84.6 Å². The number of benzene rings is 3. The van der Waals surface area contributed by atoms with Gasteiger partial charge in [0.15, 0.2) is 0 Å². The monoisotopic (exact) mass is 529 g/mol. The van der Waals surface area contributed by atoms with E-state index >= 15 is 0 Å². The van der Waals surface area contributed by atoms with Gasteiger partial charge in [-0.05, 0) is 35.9 Å². The second-order valence-electron chi connectivity index (χ2n) is 8.29. The molecule has 0 aliphatic carbocycles. The van der Waals surface area contributed by atoms with E-state index in [-0.39, 0.29) is 21.2 Å². The molecule has 1 aliphatic heterocycles. The molecular formula is C28H20FN3O3S2. The van der Waals surface area contributed by atoms with Gasteiger partial charge in [-0.2, -0.15) is 5.10 Å². The van der Waals surface area contributed by atoms with Crippen molar-refractivity contribution < 1.29 is 19.1 Å². The molecule has 9 heteroatoms. The Kier molecular flexibility index (Phi) is 6.98. The molecule has 1 aromatic heterocycles. The van der Waals surface area contributed by atoms with E-state index in [2.05, 4.69) is 5.10 Å². The van der Waals surface area contributed by atoms with Crippen LogP contribution in [-0.2, 0) is 16.0 Å². The number of para-hydroxylation sites is 1. The Morgan fingerprint density at radius 3 is 2.35 bits per heavy atom. The molecule has 0 bridgehead atoms. The number of nitrogens with zero attached hydrogens (tertiary/aromatic N) is 3. The Labute approximate surface area is 222 Å². The Morgan fingerprint density at radius 1 is 1.03 bits per heavy atom. The van der Waals surface area contributed by atoms with Crippen molar-refractivity contribution in [3.8, 4) is 16.9 Å². The van der Waals surface area contributed by atoms with Crippen molar-refractivity contribution in [3.05, 3.63) is 113 Å². The van der Waals surface area contributed by atoms with E-state index in [1.807, 2.05) is 60.7 Å². The summed E-state index contributed by atoms with van der Waals surface area (Å²) in [6, 6.07) is 23.5. The SMILES string of the molecule is O=C(O)[C@@H](Cc1ccccc1)N1C(=O)/C(=C/c2cn(-c3ccccc3)nc2-c2ccccc2F)SC1=S. The number of aromatic nitrogens is 2. The van der Waals surface area contributed by atoms with Gasteiger partial charge < -0.3 is 5.11 Å². The highest BCUT2D eigenvalue weighted by atomic mass is 32.2. The topological polar surface area (TPSA) is 75.4 Å². The molecule has 184 valence electrons. The van der Waals surface area contributed by atoms with E-state index in [0.717, 1.165) is 27.9 Å². The number of amides is 1. The molecule has 5 rings (SSSR count). The number of hydrogen-bond acceptors (Lipinski definition) is 5. The van der Waals surface area contributed by atoms with E-state index in [0.29, 0.717) is 11.3 Å². The molecular weight excluding hydrogens is 509 g/mol. The van der Waals surface area contributed by atoms with Crippen molar-refractivity contribution in [3.63, 3.8) is 0 Å². The largest absolute Gasteiger partial charge is 0.480 e. The zero-order valence-electron chi connectivity index (χ0n) is 19.3. The van der Waals surface area contributed by atoms with Crippen LogP contribution < -0.4 is 0 Å². The molecule has 37 heavy (non-hydrogen) atoms. The maximum Gasteiger partial charge on any atom is 0.327 e. The average molecular weight is 530 g/mol. The molecule has 1 fully saturated rings. The third-order valence-corrected chi connectivity index (χ3v) is 7.20. The molecule has 1 saturated heterocycles. The maximum atomic E-state index is 14.7. The van der Waals surface area contributed by atoms with E-state index in [1.54, 1.807) is 35.2 Å². The van der Waals surface area contributed by atoms with Crippen LogP contribution in [0.15, 0.2) is 96.0 Å². The predicted octanol–water partition coefficient (Wildman–Crippen LogP) is 5.58. The second-order valence-corrected chi connectivity index (χ2v) is 9.96. The number of carbonyl (C=O) groups excluding carboxylic acids is 1. The van der Waals surface area contributed by atoms with Gasteiger partial charge in [-0.25, -0.2) is 13.9 Å². The molecule has 6 nitrogen and oxygen atoms in total. The van der Waals surface area contributed by atoms with Crippen LogP contribution in [0, 0.1) is 5.82 Å². The molecule has 1 aliphatic rings. The highest BCUT2D eigenvalue weighted by Crippen LogP contribution is 2.37. The van der Waals surface area contributed by atoms with Crippen LogP contribution in [0.5, 0.6) is 0 Å².